The summed E-state index contributed by atoms with van der Waals surface area (Å²) in [6.45, 7) is 0. The first-order valence-corrected chi connectivity index (χ1v) is 5.94. The predicted molar refractivity (Wildman–Crippen MR) is 62.1 cm³/mol. The Hall–Kier alpha value is -2.18. The summed E-state index contributed by atoms with van der Waals surface area (Å²) in [5.74, 6) is -0.510. The third kappa shape index (κ3) is 1.68. The van der Waals surface area contributed by atoms with Crippen LogP contribution in [0.25, 0.3) is 11.5 Å². The first-order valence-electron chi connectivity index (χ1n) is 5.94. The van der Waals surface area contributed by atoms with Crippen molar-refractivity contribution in [2.75, 3.05) is 0 Å². The largest absolute Gasteiger partial charge is 0.477 e. The highest BCUT2D eigenvalue weighted by Gasteiger charge is 2.24. The molecule has 2 aromatic rings. The number of hydrogen-bond acceptors (Lipinski definition) is 4. The number of nitrogens with zero attached hydrogens (tertiary/aromatic N) is 4. The first kappa shape index (κ1) is 10.9. The number of hydrogen-bond donors (Lipinski definition) is 2. The quantitative estimate of drug-likeness (QED) is 0.856. The summed E-state index contributed by atoms with van der Waals surface area (Å²) in [7, 11) is 0. The van der Waals surface area contributed by atoms with Crippen molar-refractivity contribution in [1.29, 1.82) is 0 Å². The number of H-pyrrole nitrogens is 1. The van der Waals surface area contributed by atoms with Gasteiger partial charge >= 0.3 is 5.97 Å². The maximum Gasteiger partial charge on any atom is 0.354 e. The number of carbonyl (C=O) groups is 1. The monoisotopic (exact) mass is 247 g/mol. The van der Waals surface area contributed by atoms with Crippen LogP contribution in [0, 0.1) is 0 Å². The summed E-state index contributed by atoms with van der Waals surface area (Å²) in [6.07, 6.45) is 7.57. The molecule has 1 aliphatic carbocycles. The van der Waals surface area contributed by atoms with Crippen LogP contribution in [0.1, 0.15) is 42.2 Å². The van der Waals surface area contributed by atoms with Gasteiger partial charge in [-0.3, -0.25) is 0 Å². The van der Waals surface area contributed by atoms with E-state index >= 15 is 0 Å². The number of aromatic nitrogens is 5. The van der Waals surface area contributed by atoms with E-state index in [1.54, 1.807) is 6.33 Å². The molecule has 18 heavy (non-hydrogen) atoms. The van der Waals surface area contributed by atoms with Gasteiger partial charge in [0.2, 0.25) is 0 Å². The summed E-state index contributed by atoms with van der Waals surface area (Å²) in [4.78, 5) is 17.8. The van der Waals surface area contributed by atoms with E-state index in [2.05, 4.69) is 20.2 Å². The predicted octanol–water partition coefficient (Wildman–Crippen LogP) is 1.48. The highest BCUT2D eigenvalue weighted by molar-refractivity contribution is 5.91. The number of imidazole rings is 1. The fraction of sp³-hybridized carbons (Fsp3) is 0.455. The molecule has 0 amide bonds. The van der Waals surface area contributed by atoms with Crippen LogP contribution in [0.2, 0.25) is 0 Å². The molecule has 0 spiro atoms. The second-order valence-corrected chi connectivity index (χ2v) is 4.43. The van der Waals surface area contributed by atoms with E-state index in [0.29, 0.717) is 17.6 Å². The van der Waals surface area contributed by atoms with Gasteiger partial charge < -0.3 is 14.7 Å². The van der Waals surface area contributed by atoms with Gasteiger partial charge in [0.25, 0.3) is 0 Å². The van der Waals surface area contributed by atoms with E-state index < -0.39 is 5.97 Å². The lowest BCUT2D eigenvalue weighted by Crippen LogP contribution is -2.08. The van der Waals surface area contributed by atoms with Crippen LogP contribution in [-0.2, 0) is 0 Å². The summed E-state index contributed by atoms with van der Waals surface area (Å²) >= 11 is 0. The van der Waals surface area contributed by atoms with E-state index in [4.69, 9.17) is 5.11 Å². The van der Waals surface area contributed by atoms with Gasteiger partial charge in [-0.05, 0) is 12.8 Å². The maximum absolute atomic E-state index is 11.1. The Morgan fingerprint density at radius 3 is 2.94 bits per heavy atom. The van der Waals surface area contributed by atoms with Gasteiger partial charge in [-0.2, -0.15) is 0 Å². The zero-order chi connectivity index (χ0) is 12.5. The molecule has 0 atom stereocenters. The van der Waals surface area contributed by atoms with Crippen LogP contribution < -0.4 is 0 Å². The molecule has 1 fully saturated rings. The van der Waals surface area contributed by atoms with Crippen LogP contribution in [0.5, 0.6) is 0 Å². The summed E-state index contributed by atoms with van der Waals surface area (Å²) in [6, 6.07) is 0.355. The third-order valence-electron chi connectivity index (χ3n) is 3.36. The van der Waals surface area contributed by atoms with Crippen molar-refractivity contribution in [3.05, 3.63) is 18.3 Å². The van der Waals surface area contributed by atoms with Crippen molar-refractivity contribution in [3.8, 4) is 11.5 Å². The number of rotatable bonds is 3. The Morgan fingerprint density at radius 2 is 2.22 bits per heavy atom. The molecular weight excluding hydrogens is 234 g/mol. The van der Waals surface area contributed by atoms with Crippen molar-refractivity contribution in [1.82, 2.24) is 24.7 Å². The smallest absolute Gasteiger partial charge is 0.354 e. The third-order valence-corrected chi connectivity index (χ3v) is 3.36. The zero-order valence-electron chi connectivity index (χ0n) is 9.70. The number of aromatic carboxylic acids is 1. The molecule has 1 aliphatic rings. The lowest BCUT2D eigenvalue weighted by atomic mass is 10.2. The summed E-state index contributed by atoms with van der Waals surface area (Å²) in [5.41, 5.74) is 0.411. The molecule has 0 unspecified atom stereocenters. The fourth-order valence-corrected chi connectivity index (χ4v) is 2.49. The second-order valence-electron chi connectivity index (χ2n) is 4.43. The average molecular weight is 247 g/mol. The van der Waals surface area contributed by atoms with E-state index in [0.717, 1.165) is 12.8 Å². The Bertz CT molecular complexity index is 568. The van der Waals surface area contributed by atoms with E-state index in [-0.39, 0.29) is 5.69 Å². The number of aromatic amines is 1. The molecule has 94 valence electrons. The average Bonchev–Trinajstić information content (AvgIpc) is 3.10. The summed E-state index contributed by atoms with van der Waals surface area (Å²) in [5, 5.41) is 17.0. The molecule has 7 nitrogen and oxygen atoms in total. The number of carboxylic acids is 1. The molecule has 0 radical (unpaired) electrons. The van der Waals surface area contributed by atoms with Crippen molar-refractivity contribution in [2.24, 2.45) is 0 Å². The molecule has 3 rings (SSSR count). The van der Waals surface area contributed by atoms with Crippen LogP contribution in [0.4, 0.5) is 0 Å². The number of nitrogens with one attached hydrogen (secondary N) is 1. The first-order chi connectivity index (χ1) is 8.77. The normalized spacial score (nSPS) is 16.2. The standard InChI is InChI=1S/C11H13N5O2/c17-11(18)9-8(12-5-13-9)10-15-14-6-16(10)7-3-1-2-4-7/h5-7H,1-4H2,(H,12,13)(H,17,18). The molecule has 7 heteroatoms. The molecule has 2 heterocycles. The van der Waals surface area contributed by atoms with Gasteiger partial charge in [-0.1, -0.05) is 12.8 Å². The fourth-order valence-electron chi connectivity index (χ4n) is 2.49. The van der Waals surface area contributed by atoms with E-state index in [1.807, 2.05) is 4.57 Å². The number of carboxylic acid groups (broad SMARTS) is 1. The molecule has 2 N–H and O–H groups in total. The lowest BCUT2D eigenvalue weighted by Gasteiger charge is -2.12. The molecule has 0 saturated heterocycles. The van der Waals surface area contributed by atoms with Crippen molar-refractivity contribution < 1.29 is 9.90 Å². The maximum atomic E-state index is 11.1. The van der Waals surface area contributed by atoms with Crippen molar-refractivity contribution >= 4 is 5.97 Å². The molecule has 2 aromatic heterocycles. The van der Waals surface area contributed by atoms with Gasteiger partial charge in [-0.25, -0.2) is 9.78 Å². The van der Waals surface area contributed by atoms with Crippen LogP contribution in [-0.4, -0.2) is 35.8 Å². The highest BCUT2D eigenvalue weighted by atomic mass is 16.4. The van der Waals surface area contributed by atoms with Crippen LogP contribution in [0.15, 0.2) is 12.7 Å². The zero-order valence-corrected chi connectivity index (χ0v) is 9.70. The van der Waals surface area contributed by atoms with E-state index in [9.17, 15) is 4.79 Å². The minimum Gasteiger partial charge on any atom is -0.477 e. The lowest BCUT2D eigenvalue weighted by molar-refractivity contribution is 0.0692. The Kier molecular flexibility index (Phi) is 2.58. The molecule has 0 aromatic carbocycles. The molecule has 0 aliphatic heterocycles. The topological polar surface area (TPSA) is 96.7 Å². The van der Waals surface area contributed by atoms with Gasteiger partial charge in [0.1, 0.15) is 12.0 Å². The van der Waals surface area contributed by atoms with Gasteiger partial charge in [0.05, 0.1) is 6.33 Å². The van der Waals surface area contributed by atoms with Crippen molar-refractivity contribution in [3.63, 3.8) is 0 Å². The van der Waals surface area contributed by atoms with Crippen LogP contribution >= 0.6 is 0 Å². The minimum atomic E-state index is -1.04. The van der Waals surface area contributed by atoms with Gasteiger partial charge in [-0.15, -0.1) is 10.2 Å². The molecule has 1 saturated carbocycles. The van der Waals surface area contributed by atoms with Crippen LogP contribution in [0.3, 0.4) is 0 Å². The summed E-state index contributed by atoms with van der Waals surface area (Å²) < 4.78 is 1.94. The minimum absolute atomic E-state index is 0.0576. The molecule has 0 bridgehead atoms. The Balaban J connectivity index is 2.04. The van der Waals surface area contributed by atoms with E-state index in [1.165, 1.54) is 19.2 Å². The molecular formula is C11H13N5O2. The van der Waals surface area contributed by atoms with Gasteiger partial charge in [0.15, 0.2) is 11.5 Å². The highest BCUT2D eigenvalue weighted by Crippen LogP contribution is 2.32. The van der Waals surface area contributed by atoms with Crippen molar-refractivity contribution in [2.45, 2.75) is 31.7 Å². The Labute approximate surface area is 103 Å². The SMILES string of the molecule is O=C(O)c1[nH]cnc1-c1nncn1C1CCCC1. The Morgan fingerprint density at radius 1 is 1.44 bits per heavy atom. The van der Waals surface area contributed by atoms with Gasteiger partial charge in [0, 0.05) is 6.04 Å². The second kappa shape index (κ2) is 4.25.